The number of thiophene rings is 1. The molecule has 0 bridgehead atoms. The van der Waals surface area contributed by atoms with Crippen LogP contribution in [0.2, 0.25) is 0 Å². The van der Waals surface area contributed by atoms with Gasteiger partial charge < -0.3 is 14.7 Å². The molecule has 1 aromatic heterocycles. The van der Waals surface area contributed by atoms with E-state index in [1.165, 1.54) is 4.88 Å². The van der Waals surface area contributed by atoms with Crippen molar-refractivity contribution in [1.29, 1.82) is 0 Å². The van der Waals surface area contributed by atoms with Crippen LogP contribution in [0.25, 0.3) is 0 Å². The Balaban J connectivity index is 1.72. The number of para-hydroxylation sites is 1. The summed E-state index contributed by atoms with van der Waals surface area (Å²) >= 11 is 1.78. The van der Waals surface area contributed by atoms with Crippen molar-refractivity contribution in [2.45, 2.75) is 25.5 Å². The van der Waals surface area contributed by atoms with Crippen LogP contribution < -0.4 is 4.74 Å². The summed E-state index contributed by atoms with van der Waals surface area (Å²) < 4.78 is 5.58. The summed E-state index contributed by atoms with van der Waals surface area (Å²) in [5, 5.41) is 12.2. The summed E-state index contributed by atoms with van der Waals surface area (Å²) in [5.74, 6) is 0.797. The molecule has 114 valence electrons. The summed E-state index contributed by atoms with van der Waals surface area (Å²) in [6.07, 6.45) is 0.529. The summed E-state index contributed by atoms with van der Waals surface area (Å²) in [5.41, 5.74) is 0. The van der Waals surface area contributed by atoms with Crippen molar-refractivity contribution in [2.24, 2.45) is 0 Å². The monoisotopic (exact) mass is 305 g/mol. The van der Waals surface area contributed by atoms with E-state index >= 15 is 0 Å². The highest BCUT2D eigenvalue weighted by Gasteiger charge is 2.15. The molecule has 0 radical (unpaired) electrons. The highest BCUT2D eigenvalue weighted by Crippen LogP contribution is 2.14. The highest BCUT2D eigenvalue weighted by atomic mass is 32.1. The molecule has 3 nitrogen and oxygen atoms in total. The van der Waals surface area contributed by atoms with E-state index in [9.17, 15) is 5.11 Å². The molecular formula is C17H23NO2S. The van der Waals surface area contributed by atoms with Gasteiger partial charge in [-0.1, -0.05) is 24.3 Å². The van der Waals surface area contributed by atoms with Crippen molar-refractivity contribution in [3.8, 4) is 5.75 Å². The largest absolute Gasteiger partial charge is 0.491 e. The third-order valence-corrected chi connectivity index (χ3v) is 4.41. The maximum Gasteiger partial charge on any atom is 0.119 e. The van der Waals surface area contributed by atoms with Crippen LogP contribution in [0.5, 0.6) is 5.75 Å². The van der Waals surface area contributed by atoms with Gasteiger partial charge in [0, 0.05) is 17.5 Å². The number of aliphatic hydroxyl groups is 1. The van der Waals surface area contributed by atoms with Gasteiger partial charge >= 0.3 is 0 Å². The Labute approximate surface area is 130 Å². The summed E-state index contributed by atoms with van der Waals surface area (Å²) in [6, 6.07) is 14.2. The van der Waals surface area contributed by atoms with Crippen molar-refractivity contribution in [1.82, 2.24) is 4.90 Å². The molecular weight excluding hydrogens is 282 g/mol. The first-order valence-electron chi connectivity index (χ1n) is 7.23. The number of benzene rings is 1. The normalized spacial score (nSPS) is 14.1. The van der Waals surface area contributed by atoms with Crippen LogP contribution in [0.1, 0.15) is 11.8 Å². The molecule has 0 spiro atoms. The second-order valence-corrected chi connectivity index (χ2v) is 6.38. The maximum absolute atomic E-state index is 10.1. The zero-order valence-electron chi connectivity index (χ0n) is 12.6. The zero-order valence-corrected chi connectivity index (χ0v) is 13.4. The molecule has 0 amide bonds. The number of hydrogen-bond acceptors (Lipinski definition) is 4. The van der Waals surface area contributed by atoms with Crippen LogP contribution in [0.4, 0.5) is 0 Å². The number of ether oxygens (including phenoxy) is 1. The second kappa shape index (κ2) is 8.17. The third-order valence-electron chi connectivity index (χ3n) is 3.51. The SMILES string of the molecule is CC(Cc1cccs1)N(C)CC(O)COc1ccccc1. The third kappa shape index (κ3) is 5.50. The topological polar surface area (TPSA) is 32.7 Å². The van der Waals surface area contributed by atoms with E-state index in [4.69, 9.17) is 4.74 Å². The molecule has 0 saturated heterocycles. The molecule has 1 N–H and O–H groups in total. The maximum atomic E-state index is 10.1. The fourth-order valence-electron chi connectivity index (χ4n) is 2.15. The quantitative estimate of drug-likeness (QED) is 0.813. The lowest BCUT2D eigenvalue weighted by atomic mass is 10.1. The van der Waals surface area contributed by atoms with Gasteiger partial charge in [-0.05, 0) is 44.0 Å². The van der Waals surface area contributed by atoms with Crippen molar-refractivity contribution in [3.63, 3.8) is 0 Å². The summed E-state index contributed by atoms with van der Waals surface area (Å²) in [6.45, 7) is 3.12. The molecule has 4 heteroatoms. The standard InChI is InChI=1S/C17H23NO2S/c1-14(11-17-9-6-10-21-17)18(2)12-15(19)13-20-16-7-4-3-5-8-16/h3-10,14-15,19H,11-13H2,1-2H3. The van der Waals surface area contributed by atoms with Crippen LogP contribution >= 0.6 is 11.3 Å². The molecule has 1 heterocycles. The number of rotatable bonds is 8. The predicted octanol–water partition coefficient (Wildman–Crippen LogP) is 3.05. The lowest BCUT2D eigenvalue weighted by molar-refractivity contribution is 0.0656. The molecule has 0 fully saturated rings. The van der Waals surface area contributed by atoms with E-state index in [0.717, 1.165) is 12.2 Å². The fourth-order valence-corrected chi connectivity index (χ4v) is 2.98. The van der Waals surface area contributed by atoms with Gasteiger partial charge in [-0.2, -0.15) is 0 Å². The summed E-state index contributed by atoms with van der Waals surface area (Å²) in [7, 11) is 2.05. The minimum Gasteiger partial charge on any atom is -0.491 e. The van der Waals surface area contributed by atoms with E-state index in [0.29, 0.717) is 19.2 Å². The molecule has 1 aromatic carbocycles. The molecule has 2 rings (SSSR count). The molecule has 2 unspecified atom stereocenters. The lowest BCUT2D eigenvalue weighted by Gasteiger charge is -2.26. The smallest absolute Gasteiger partial charge is 0.119 e. The molecule has 0 saturated carbocycles. The van der Waals surface area contributed by atoms with Gasteiger partial charge in [0.05, 0.1) is 0 Å². The molecule has 2 atom stereocenters. The van der Waals surface area contributed by atoms with Crippen LogP contribution in [0.15, 0.2) is 47.8 Å². The van der Waals surface area contributed by atoms with Crippen LogP contribution in [0, 0.1) is 0 Å². The first kappa shape index (κ1) is 16.0. The minimum atomic E-state index is -0.485. The number of nitrogens with zero attached hydrogens (tertiary/aromatic N) is 1. The fraction of sp³-hybridized carbons (Fsp3) is 0.412. The van der Waals surface area contributed by atoms with Gasteiger partial charge in [-0.25, -0.2) is 0 Å². The van der Waals surface area contributed by atoms with Gasteiger partial charge in [0.1, 0.15) is 18.5 Å². The highest BCUT2D eigenvalue weighted by molar-refractivity contribution is 7.09. The van der Waals surface area contributed by atoms with Crippen molar-refractivity contribution < 1.29 is 9.84 Å². The molecule has 2 aromatic rings. The van der Waals surface area contributed by atoms with E-state index in [2.05, 4.69) is 29.3 Å². The summed E-state index contributed by atoms with van der Waals surface area (Å²) in [4.78, 5) is 3.56. The second-order valence-electron chi connectivity index (χ2n) is 5.35. The van der Waals surface area contributed by atoms with Crippen LogP contribution in [-0.4, -0.2) is 42.4 Å². The number of likely N-dealkylation sites (N-methyl/N-ethyl adjacent to an activating group) is 1. The first-order chi connectivity index (χ1) is 10.1. The van der Waals surface area contributed by atoms with E-state index in [-0.39, 0.29) is 0 Å². The average Bonchev–Trinajstić information content (AvgIpc) is 2.99. The Bertz CT molecular complexity index is 501. The van der Waals surface area contributed by atoms with Crippen LogP contribution in [-0.2, 0) is 6.42 Å². The van der Waals surface area contributed by atoms with Gasteiger partial charge in [0.2, 0.25) is 0 Å². The Morgan fingerprint density at radius 1 is 1.19 bits per heavy atom. The molecule has 0 aliphatic rings. The Morgan fingerprint density at radius 3 is 2.62 bits per heavy atom. The van der Waals surface area contributed by atoms with Crippen molar-refractivity contribution in [3.05, 3.63) is 52.7 Å². The van der Waals surface area contributed by atoms with E-state index in [1.807, 2.05) is 37.4 Å². The molecule has 21 heavy (non-hydrogen) atoms. The first-order valence-corrected chi connectivity index (χ1v) is 8.11. The predicted molar refractivity (Wildman–Crippen MR) is 88.1 cm³/mol. The molecule has 0 aliphatic carbocycles. The lowest BCUT2D eigenvalue weighted by Crippen LogP contribution is -2.39. The van der Waals surface area contributed by atoms with Crippen molar-refractivity contribution in [2.75, 3.05) is 20.2 Å². The minimum absolute atomic E-state index is 0.320. The number of aliphatic hydroxyl groups excluding tert-OH is 1. The number of hydrogen-bond donors (Lipinski definition) is 1. The Morgan fingerprint density at radius 2 is 1.95 bits per heavy atom. The van der Waals surface area contributed by atoms with Crippen molar-refractivity contribution >= 4 is 11.3 Å². The van der Waals surface area contributed by atoms with E-state index in [1.54, 1.807) is 11.3 Å². The van der Waals surface area contributed by atoms with Crippen LogP contribution in [0.3, 0.4) is 0 Å². The molecule has 0 aliphatic heterocycles. The zero-order chi connectivity index (χ0) is 15.1. The van der Waals surface area contributed by atoms with Gasteiger partial charge in [-0.3, -0.25) is 0 Å². The Hall–Kier alpha value is -1.36. The van der Waals surface area contributed by atoms with Gasteiger partial charge in [0.15, 0.2) is 0 Å². The van der Waals surface area contributed by atoms with Gasteiger partial charge in [-0.15, -0.1) is 11.3 Å². The average molecular weight is 305 g/mol. The Kier molecular flexibility index (Phi) is 6.23. The van der Waals surface area contributed by atoms with E-state index < -0.39 is 6.10 Å². The van der Waals surface area contributed by atoms with Gasteiger partial charge in [0.25, 0.3) is 0 Å².